The lowest BCUT2D eigenvalue weighted by molar-refractivity contribution is 0.0979. The van der Waals surface area contributed by atoms with Crippen LogP contribution in [0.3, 0.4) is 0 Å². The van der Waals surface area contributed by atoms with Crippen molar-refractivity contribution in [1.29, 1.82) is 0 Å². The monoisotopic (exact) mass is 470 g/mol. The van der Waals surface area contributed by atoms with E-state index < -0.39 is 0 Å². The van der Waals surface area contributed by atoms with Crippen molar-refractivity contribution in [3.05, 3.63) is 57.6 Å². The molecule has 0 spiro atoms. The van der Waals surface area contributed by atoms with Crippen LogP contribution in [-0.4, -0.2) is 11.6 Å². The summed E-state index contributed by atoms with van der Waals surface area (Å²) in [6.07, 6.45) is 14.0. The average molecular weight is 471 g/mol. The molecular formula is C30H43ClO2. The van der Waals surface area contributed by atoms with Crippen LogP contribution in [-0.2, 0) is 0 Å². The molecule has 3 heteroatoms. The molecule has 0 bridgehead atoms. The van der Waals surface area contributed by atoms with Crippen molar-refractivity contribution >= 4 is 23.2 Å². The van der Waals surface area contributed by atoms with Gasteiger partial charge in [0.1, 0.15) is 0 Å². The maximum absolute atomic E-state index is 12.8. The van der Waals surface area contributed by atoms with Crippen molar-refractivity contribution in [2.45, 2.75) is 98.8 Å². The largest absolute Gasteiger partial charge is 0.289 e. The summed E-state index contributed by atoms with van der Waals surface area (Å²) < 4.78 is 0. The Labute approximate surface area is 206 Å². The van der Waals surface area contributed by atoms with Gasteiger partial charge in [-0.2, -0.15) is 0 Å². The summed E-state index contributed by atoms with van der Waals surface area (Å²) in [4.78, 5) is 25.3. The summed E-state index contributed by atoms with van der Waals surface area (Å²) in [5.74, 6) is 2.07. The number of carbonyl (C=O) groups excluding carboxylic acids is 2. The Morgan fingerprint density at radius 3 is 1.91 bits per heavy atom. The highest BCUT2D eigenvalue weighted by molar-refractivity contribution is 6.50. The molecule has 33 heavy (non-hydrogen) atoms. The van der Waals surface area contributed by atoms with Gasteiger partial charge < -0.3 is 0 Å². The predicted octanol–water partition coefficient (Wildman–Crippen LogP) is 9.33. The fourth-order valence-corrected chi connectivity index (χ4v) is 4.93. The van der Waals surface area contributed by atoms with Crippen LogP contribution in [0.15, 0.2) is 46.5 Å². The maximum atomic E-state index is 12.8. The smallest absolute Gasteiger partial charge is 0.205 e. The predicted molar refractivity (Wildman–Crippen MR) is 141 cm³/mol. The lowest BCUT2D eigenvalue weighted by atomic mass is 9.87. The van der Waals surface area contributed by atoms with E-state index in [2.05, 4.69) is 40.7 Å². The van der Waals surface area contributed by atoms with Crippen LogP contribution in [0, 0.1) is 17.8 Å². The van der Waals surface area contributed by atoms with Gasteiger partial charge in [-0.3, -0.25) is 9.59 Å². The van der Waals surface area contributed by atoms with Crippen LogP contribution in [0.1, 0.15) is 120 Å². The van der Waals surface area contributed by atoms with E-state index in [1.807, 2.05) is 0 Å². The minimum absolute atomic E-state index is 0.0785. The van der Waals surface area contributed by atoms with E-state index in [1.54, 1.807) is 24.3 Å². The first-order chi connectivity index (χ1) is 15.7. The molecule has 182 valence electrons. The minimum atomic E-state index is -0.240. The van der Waals surface area contributed by atoms with E-state index in [-0.39, 0.29) is 16.6 Å². The Bertz CT molecular complexity index is 862. The summed E-state index contributed by atoms with van der Waals surface area (Å²) in [5, 5.41) is 0.0785. The zero-order valence-corrected chi connectivity index (χ0v) is 22.1. The zero-order valence-electron chi connectivity index (χ0n) is 21.4. The molecule has 0 N–H and O–H groups in total. The topological polar surface area (TPSA) is 34.1 Å². The lowest BCUT2D eigenvalue weighted by Gasteiger charge is -2.17. The summed E-state index contributed by atoms with van der Waals surface area (Å²) in [6, 6.07) is 6.93. The van der Waals surface area contributed by atoms with Crippen LogP contribution in [0.2, 0.25) is 0 Å². The quantitative estimate of drug-likeness (QED) is 0.254. The minimum Gasteiger partial charge on any atom is -0.289 e. The maximum Gasteiger partial charge on any atom is 0.205 e. The summed E-state index contributed by atoms with van der Waals surface area (Å²) in [6.45, 7) is 11.5. The van der Waals surface area contributed by atoms with Gasteiger partial charge in [0.15, 0.2) is 5.78 Å². The summed E-state index contributed by atoms with van der Waals surface area (Å²) >= 11 is 6.28. The van der Waals surface area contributed by atoms with Crippen LogP contribution >= 0.6 is 11.6 Å². The number of carbonyl (C=O) groups is 2. The van der Waals surface area contributed by atoms with Gasteiger partial charge >= 0.3 is 0 Å². The standard InChI is InChI=1S/C30H43ClO2/c1-21(2)11-8-12-22(3)13-9-14-23(4)15-10-16-24(5)19-20-27-28(31)30(33)26-18-7-6-17-25(26)29(27)32/h6-7,17-19,21-23H,8-16,20H2,1-5H3/t22-,23-/m1/s1. The summed E-state index contributed by atoms with van der Waals surface area (Å²) in [5.41, 5.74) is 2.57. The van der Waals surface area contributed by atoms with Crippen molar-refractivity contribution in [2.75, 3.05) is 0 Å². The highest BCUT2D eigenvalue weighted by Crippen LogP contribution is 2.31. The van der Waals surface area contributed by atoms with Crippen molar-refractivity contribution in [3.8, 4) is 0 Å². The number of rotatable bonds is 14. The second-order valence-corrected chi connectivity index (χ2v) is 11.0. The van der Waals surface area contributed by atoms with Crippen molar-refractivity contribution in [2.24, 2.45) is 17.8 Å². The number of fused-ring (bicyclic) bond motifs is 1. The molecule has 2 rings (SSSR count). The van der Waals surface area contributed by atoms with Crippen LogP contribution < -0.4 is 0 Å². The fourth-order valence-electron chi connectivity index (χ4n) is 4.66. The molecule has 0 fully saturated rings. The molecule has 0 aliphatic heterocycles. The molecule has 0 amide bonds. The summed E-state index contributed by atoms with van der Waals surface area (Å²) in [7, 11) is 0. The molecule has 1 aliphatic carbocycles. The van der Waals surface area contributed by atoms with E-state index in [1.165, 1.54) is 50.5 Å². The van der Waals surface area contributed by atoms with Crippen LogP contribution in [0.4, 0.5) is 0 Å². The van der Waals surface area contributed by atoms with Gasteiger partial charge in [0, 0.05) is 16.7 Å². The first kappa shape index (κ1) is 27.6. The van der Waals surface area contributed by atoms with Crippen LogP contribution in [0.5, 0.6) is 0 Å². The van der Waals surface area contributed by atoms with Crippen molar-refractivity contribution in [1.82, 2.24) is 0 Å². The van der Waals surface area contributed by atoms with Gasteiger partial charge in [-0.05, 0) is 43.9 Å². The Balaban J connectivity index is 1.71. The Morgan fingerprint density at radius 1 is 0.818 bits per heavy atom. The molecule has 0 aromatic heterocycles. The lowest BCUT2D eigenvalue weighted by Crippen LogP contribution is -2.19. The Kier molecular flexibility index (Phi) is 11.6. The number of ketones is 2. The first-order valence-electron chi connectivity index (χ1n) is 12.9. The van der Waals surface area contributed by atoms with Crippen molar-refractivity contribution in [3.63, 3.8) is 0 Å². The zero-order chi connectivity index (χ0) is 24.4. The number of halogens is 1. The molecule has 0 radical (unpaired) electrons. The highest BCUT2D eigenvalue weighted by atomic mass is 35.5. The number of benzene rings is 1. The number of allylic oxidation sites excluding steroid dienone is 4. The second-order valence-electron chi connectivity index (χ2n) is 10.6. The number of hydrogen-bond donors (Lipinski definition) is 0. The average Bonchev–Trinajstić information content (AvgIpc) is 2.77. The number of Topliss-reactive ketones (excluding diaryl/α,β-unsaturated/α-hetero) is 2. The van der Waals surface area contributed by atoms with Gasteiger partial charge in [-0.25, -0.2) is 0 Å². The van der Waals surface area contributed by atoms with E-state index in [0.29, 0.717) is 23.1 Å². The molecule has 0 heterocycles. The SMILES string of the molecule is CC(=CCC1=C(Cl)C(=O)c2ccccc2C1=O)CCC[C@H](C)CCC[C@H](C)CCCC(C)C. The van der Waals surface area contributed by atoms with Gasteiger partial charge in [0.2, 0.25) is 5.78 Å². The Hall–Kier alpha value is -1.67. The molecule has 1 aromatic carbocycles. The third-order valence-electron chi connectivity index (χ3n) is 6.95. The van der Waals surface area contributed by atoms with Gasteiger partial charge in [-0.1, -0.05) is 120 Å². The van der Waals surface area contributed by atoms with E-state index in [9.17, 15) is 9.59 Å². The van der Waals surface area contributed by atoms with E-state index in [0.717, 1.165) is 30.6 Å². The Morgan fingerprint density at radius 2 is 1.33 bits per heavy atom. The van der Waals surface area contributed by atoms with Crippen LogP contribution in [0.25, 0.3) is 0 Å². The third-order valence-corrected chi connectivity index (χ3v) is 7.35. The van der Waals surface area contributed by atoms with Gasteiger partial charge in [0.05, 0.1) is 5.03 Å². The molecule has 0 saturated heterocycles. The number of hydrogen-bond acceptors (Lipinski definition) is 2. The molecule has 0 saturated carbocycles. The van der Waals surface area contributed by atoms with Crippen molar-refractivity contribution < 1.29 is 9.59 Å². The molecule has 2 atom stereocenters. The fraction of sp³-hybridized carbons (Fsp3) is 0.600. The van der Waals surface area contributed by atoms with Gasteiger partial charge in [-0.15, -0.1) is 0 Å². The first-order valence-corrected chi connectivity index (χ1v) is 13.3. The van der Waals surface area contributed by atoms with E-state index >= 15 is 0 Å². The molecule has 1 aliphatic rings. The molecule has 2 nitrogen and oxygen atoms in total. The highest BCUT2D eigenvalue weighted by Gasteiger charge is 2.30. The third kappa shape index (κ3) is 8.89. The second kappa shape index (κ2) is 13.9. The van der Waals surface area contributed by atoms with E-state index in [4.69, 9.17) is 11.6 Å². The normalized spacial score (nSPS) is 16.4. The molecular weight excluding hydrogens is 428 g/mol. The molecule has 0 unspecified atom stereocenters. The van der Waals surface area contributed by atoms with Gasteiger partial charge in [0.25, 0.3) is 0 Å². The molecule has 1 aromatic rings.